The molecule has 0 saturated carbocycles. The summed E-state index contributed by atoms with van der Waals surface area (Å²) in [5.41, 5.74) is 3.00. The van der Waals surface area contributed by atoms with Crippen molar-refractivity contribution >= 4 is 0 Å². The SMILES string of the molecule is Cc1cc(CNC(C)(C)C)nc(-c2ccoc2C)n1. The van der Waals surface area contributed by atoms with Gasteiger partial charge in [0.05, 0.1) is 17.5 Å². The van der Waals surface area contributed by atoms with Gasteiger partial charge in [0.2, 0.25) is 0 Å². The van der Waals surface area contributed by atoms with Gasteiger partial charge in [0.1, 0.15) is 5.76 Å². The number of hydrogen-bond acceptors (Lipinski definition) is 4. The van der Waals surface area contributed by atoms with E-state index in [2.05, 4.69) is 36.1 Å². The molecular formula is C15H21N3O. The van der Waals surface area contributed by atoms with Crippen molar-refractivity contribution in [1.29, 1.82) is 0 Å². The summed E-state index contributed by atoms with van der Waals surface area (Å²) in [7, 11) is 0. The number of nitrogens with zero attached hydrogens (tertiary/aromatic N) is 2. The van der Waals surface area contributed by atoms with Crippen LogP contribution in [-0.2, 0) is 6.54 Å². The van der Waals surface area contributed by atoms with E-state index in [0.717, 1.165) is 35.1 Å². The van der Waals surface area contributed by atoms with Crippen LogP contribution in [0.25, 0.3) is 11.4 Å². The minimum atomic E-state index is 0.0740. The lowest BCUT2D eigenvalue weighted by Crippen LogP contribution is -2.35. The molecule has 2 aromatic heterocycles. The number of rotatable bonds is 3. The van der Waals surface area contributed by atoms with Crippen LogP contribution in [-0.4, -0.2) is 15.5 Å². The molecule has 0 unspecified atom stereocenters. The molecule has 0 radical (unpaired) electrons. The highest BCUT2D eigenvalue weighted by molar-refractivity contribution is 5.57. The quantitative estimate of drug-likeness (QED) is 0.919. The Balaban J connectivity index is 2.28. The van der Waals surface area contributed by atoms with E-state index in [1.54, 1.807) is 6.26 Å². The fraction of sp³-hybridized carbons (Fsp3) is 0.467. The zero-order chi connectivity index (χ0) is 14.0. The minimum absolute atomic E-state index is 0.0740. The van der Waals surface area contributed by atoms with Crippen LogP contribution in [0.2, 0.25) is 0 Å². The Morgan fingerprint density at radius 2 is 1.95 bits per heavy atom. The molecule has 0 atom stereocenters. The Bertz CT molecular complexity index is 567. The molecule has 0 aliphatic heterocycles. The molecule has 0 amide bonds. The van der Waals surface area contributed by atoms with E-state index < -0.39 is 0 Å². The van der Waals surface area contributed by atoms with Gasteiger partial charge in [-0.15, -0.1) is 0 Å². The van der Waals surface area contributed by atoms with Crippen molar-refractivity contribution in [3.8, 4) is 11.4 Å². The zero-order valence-electron chi connectivity index (χ0n) is 12.2. The van der Waals surface area contributed by atoms with Crippen LogP contribution in [0.4, 0.5) is 0 Å². The molecule has 1 N–H and O–H groups in total. The Labute approximate surface area is 114 Å². The van der Waals surface area contributed by atoms with E-state index in [-0.39, 0.29) is 5.54 Å². The normalized spacial score (nSPS) is 11.8. The molecule has 102 valence electrons. The zero-order valence-corrected chi connectivity index (χ0v) is 12.2. The molecule has 0 fully saturated rings. The first-order valence-corrected chi connectivity index (χ1v) is 6.49. The van der Waals surface area contributed by atoms with Crippen LogP contribution in [0.5, 0.6) is 0 Å². The van der Waals surface area contributed by atoms with Crippen LogP contribution in [0, 0.1) is 13.8 Å². The van der Waals surface area contributed by atoms with Gasteiger partial charge in [-0.05, 0) is 46.8 Å². The van der Waals surface area contributed by atoms with Gasteiger partial charge in [-0.2, -0.15) is 0 Å². The molecule has 4 heteroatoms. The number of nitrogens with one attached hydrogen (secondary N) is 1. The first-order chi connectivity index (χ1) is 8.85. The number of furan rings is 1. The van der Waals surface area contributed by atoms with Gasteiger partial charge < -0.3 is 9.73 Å². The summed E-state index contributed by atoms with van der Waals surface area (Å²) < 4.78 is 5.32. The molecule has 2 heterocycles. The summed E-state index contributed by atoms with van der Waals surface area (Å²) in [6.07, 6.45) is 1.67. The van der Waals surface area contributed by atoms with Gasteiger partial charge in [0.15, 0.2) is 5.82 Å². The molecule has 0 aliphatic rings. The Kier molecular flexibility index (Phi) is 3.71. The molecule has 0 aliphatic carbocycles. The lowest BCUT2D eigenvalue weighted by Gasteiger charge is -2.20. The van der Waals surface area contributed by atoms with Gasteiger partial charge >= 0.3 is 0 Å². The molecule has 2 rings (SSSR count). The van der Waals surface area contributed by atoms with Crippen LogP contribution in [0.3, 0.4) is 0 Å². The third-order valence-electron chi connectivity index (χ3n) is 2.81. The molecule has 0 bridgehead atoms. The van der Waals surface area contributed by atoms with E-state index in [1.807, 2.05) is 26.0 Å². The first-order valence-electron chi connectivity index (χ1n) is 6.49. The van der Waals surface area contributed by atoms with Gasteiger partial charge in [-0.1, -0.05) is 0 Å². The Morgan fingerprint density at radius 3 is 2.53 bits per heavy atom. The largest absolute Gasteiger partial charge is 0.469 e. The van der Waals surface area contributed by atoms with E-state index in [0.29, 0.717) is 0 Å². The smallest absolute Gasteiger partial charge is 0.163 e. The maximum absolute atomic E-state index is 5.32. The maximum atomic E-state index is 5.32. The molecule has 0 aromatic carbocycles. The van der Waals surface area contributed by atoms with Gasteiger partial charge in [0.25, 0.3) is 0 Å². The predicted octanol–water partition coefficient (Wildman–Crippen LogP) is 3.24. The Morgan fingerprint density at radius 1 is 1.21 bits per heavy atom. The topological polar surface area (TPSA) is 51.0 Å². The van der Waals surface area contributed by atoms with Crippen molar-refractivity contribution in [3.05, 3.63) is 35.5 Å². The van der Waals surface area contributed by atoms with Crippen molar-refractivity contribution in [1.82, 2.24) is 15.3 Å². The summed E-state index contributed by atoms with van der Waals surface area (Å²) >= 11 is 0. The third kappa shape index (κ3) is 3.64. The third-order valence-corrected chi connectivity index (χ3v) is 2.81. The van der Waals surface area contributed by atoms with Crippen LogP contribution in [0.15, 0.2) is 22.8 Å². The van der Waals surface area contributed by atoms with E-state index in [4.69, 9.17) is 4.42 Å². The van der Waals surface area contributed by atoms with Gasteiger partial charge in [0, 0.05) is 17.8 Å². The van der Waals surface area contributed by atoms with E-state index in [9.17, 15) is 0 Å². The average molecular weight is 259 g/mol. The number of hydrogen-bond donors (Lipinski definition) is 1. The second kappa shape index (κ2) is 5.13. The van der Waals surface area contributed by atoms with Crippen molar-refractivity contribution < 1.29 is 4.42 Å². The molecule has 0 spiro atoms. The van der Waals surface area contributed by atoms with Crippen LogP contribution < -0.4 is 5.32 Å². The number of aryl methyl sites for hydroxylation is 2. The molecule has 4 nitrogen and oxygen atoms in total. The highest BCUT2D eigenvalue weighted by Crippen LogP contribution is 2.21. The average Bonchev–Trinajstić information content (AvgIpc) is 2.71. The fourth-order valence-electron chi connectivity index (χ4n) is 1.82. The van der Waals surface area contributed by atoms with Crippen LogP contribution in [0.1, 0.15) is 37.9 Å². The molecule has 19 heavy (non-hydrogen) atoms. The fourth-order valence-corrected chi connectivity index (χ4v) is 1.82. The van der Waals surface area contributed by atoms with E-state index in [1.165, 1.54) is 0 Å². The van der Waals surface area contributed by atoms with Crippen LogP contribution >= 0.6 is 0 Å². The molecule has 0 saturated heterocycles. The van der Waals surface area contributed by atoms with Gasteiger partial charge in [-0.3, -0.25) is 0 Å². The highest BCUT2D eigenvalue weighted by atomic mass is 16.3. The van der Waals surface area contributed by atoms with E-state index >= 15 is 0 Å². The summed E-state index contributed by atoms with van der Waals surface area (Å²) in [4.78, 5) is 9.09. The van der Waals surface area contributed by atoms with Crippen molar-refractivity contribution in [3.63, 3.8) is 0 Å². The summed E-state index contributed by atoms with van der Waals surface area (Å²) in [5, 5.41) is 3.44. The highest BCUT2D eigenvalue weighted by Gasteiger charge is 2.12. The van der Waals surface area contributed by atoms with Crippen molar-refractivity contribution in [2.45, 2.75) is 46.7 Å². The summed E-state index contributed by atoms with van der Waals surface area (Å²) in [6.45, 7) is 11.1. The monoisotopic (exact) mass is 259 g/mol. The second-order valence-electron chi connectivity index (χ2n) is 5.82. The first kappa shape index (κ1) is 13.7. The second-order valence-corrected chi connectivity index (χ2v) is 5.82. The number of aromatic nitrogens is 2. The summed E-state index contributed by atoms with van der Waals surface area (Å²) in [5.74, 6) is 1.58. The molecule has 2 aromatic rings. The standard InChI is InChI=1S/C15H21N3O/c1-10-8-12(9-16-15(3,4)5)18-14(17-10)13-6-7-19-11(13)2/h6-8,16H,9H2,1-5H3. The minimum Gasteiger partial charge on any atom is -0.469 e. The lowest BCUT2D eigenvalue weighted by atomic mass is 10.1. The lowest BCUT2D eigenvalue weighted by molar-refractivity contribution is 0.421. The Hall–Kier alpha value is -1.68. The van der Waals surface area contributed by atoms with Gasteiger partial charge in [-0.25, -0.2) is 9.97 Å². The van der Waals surface area contributed by atoms with Crippen molar-refractivity contribution in [2.24, 2.45) is 0 Å². The van der Waals surface area contributed by atoms with Crippen molar-refractivity contribution in [2.75, 3.05) is 0 Å². The summed E-state index contributed by atoms with van der Waals surface area (Å²) in [6, 6.07) is 3.92. The maximum Gasteiger partial charge on any atom is 0.163 e. The predicted molar refractivity (Wildman–Crippen MR) is 75.8 cm³/mol. The molecular weight excluding hydrogens is 238 g/mol.